The molecule has 2 aliphatic rings. The summed E-state index contributed by atoms with van der Waals surface area (Å²) in [4.78, 5) is 9.35. The minimum atomic E-state index is -2.19. The van der Waals surface area contributed by atoms with Crippen molar-refractivity contribution in [2.24, 2.45) is 0 Å². The zero-order chi connectivity index (χ0) is 44.5. The summed E-state index contributed by atoms with van der Waals surface area (Å²) < 4.78 is 42.8. The van der Waals surface area contributed by atoms with Crippen molar-refractivity contribution in [1.29, 1.82) is 0 Å². The van der Waals surface area contributed by atoms with Gasteiger partial charge in [0.25, 0.3) is 6.71 Å². The molecule has 62 heavy (non-hydrogen) atoms. The van der Waals surface area contributed by atoms with Crippen LogP contribution in [-0.2, 0) is 30.9 Å². The molecule has 7 heteroatoms. The molecule has 1 radical (unpaired) electrons. The second-order valence-electron chi connectivity index (χ2n) is 17.8. The average molecular weight is 988 g/mol. The molecule has 0 N–H and O–H groups in total. The van der Waals surface area contributed by atoms with Gasteiger partial charge in [-0.05, 0) is 80.2 Å². The zero-order valence-corrected chi connectivity index (χ0v) is 37.8. The molecule has 307 valence electrons. The number of para-hydroxylation sites is 1. The topological polar surface area (TPSA) is 57.4 Å². The number of furan rings is 1. The van der Waals surface area contributed by atoms with Crippen LogP contribution in [0.1, 0.15) is 62.3 Å². The fraction of sp³-hybridized carbons (Fsp3) is 0.164. The second-order valence-corrected chi connectivity index (χ2v) is 17.8. The first-order chi connectivity index (χ1) is 30.6. The van der Waals surface area contributed by atoms with Gasteiger partial charge in [0.15, 0.2) is 0 Å². The molecule has 0 amide bonds. The maximum Gasteiger partial charge on any atom is 0.260 e. The maximum atomic E-state index is 7.83. The quantitative estimate of drug-likeness (QED) is 0.130. The van der Waals surface area contributed by atoms with E-state index in [4.69, 9.17) is 23.0 Å². The molecule has 0 saturated heterocycles. The Morgan fingerprint density at radius 1 is 0.613 bits per heavy atom. The van der Waals surface area contributed by atoms with Crippen molar-refractivity contribution < 1.29 is 38.1 Å². The van der Waals surface area contributed by atoms with E-state index in [0.29, 0.717) is 11.1 Å². The fourth-order valence-corrected chi connectivity index (χ4v) is 8.28. The Morgan fingerprint density at radius 2 is 1.27 bits per heavy atom. The van der Waals surface area contributed by atoms with Gasteiger partial charge >= 0.3 is 0 Å². The Hall–Kier alpha value is -6.27. The van der Waals surface area contributed by atoms with Gasteiger partial charge in [0.05, 0.1) is 5.58 Å². The molecule has 6 aromatic carbocycles. The van der Waals surface area contributed by atoms with E-state index in [1.165, 1.54) is 5.56 Å². The summed E-state index contributed by atoms with van der Waals surface area (Å²) in [7, 11) is 0. The molecule has 2 aliphatic heterocycles. The molecule has 0 fully saturated rings. The van der Waals surface area contributed by atoms with Gasteiger partial charge in [0, 0.05) is 47.5 Å². The first-order valence-electron chi connectivity index (χ1n) is 22.2. The number of rotatable bonds is 3. The van der Waals surface area contributed by atoms with Crippen molar-refractivity contribution in [2.45, 2.75) is 59.2 Å². The molecule has 0 spiro atoms. The summed E-state index contributed by atoms with van der Waals surface area (Å²) in [6.45, 7) is 10.8. The fourth-order valence-electron chi connectivity index (χ4n) is 8.28. The Kier molecular flexibility index (Phi) is 9.61. The van der Waals surface area contributed by atoms with Crippen LogP contribution in [0.4, 0.5) is 0 Å². The summed E-state index contributed by atoms with van der Waals surface area (Å²) in [6.07, 6.45) is 3.83. The van der Waals surface area contributed by atoms with Gasteiger partial charge in [-0.15, -0.1) is 47.5 Å². The SMILES string of the molecule is CC(C)(C)c1ccc(-c2[c-]ccc3c2oc2cc4c(cc23)Oc2cccc3c2B4c2ccccc2O3)nc1.[2H]C([2H])([2H])c1c[c-]c(-c2ccc(C(C)(C)C)cn2)cc1-c1ccccc1.[Ir]. The number of pyridine rings is 2. The summed E-state index contributed by atoms with van der Waals surface area (Å²) in [5, 5.41) is 2.04. The number of ether oxygens (including phenoxy) is 2. The van der Waals surface area contributed by atoms with Crippen molar-refractivity contribution in [3.05, 3.63) is 175 Å². The normalized spacial score (nSPS) is 13.5. The van der Waals surface area contributed by atoms with Crippen LogP contribution in [0, 0.1) is 19.0 Å². The van der Waals surface area contributed by atoms with Crippen LogP contribution in [0.5, 0.6) is 23.0 Å². The van der Waals surface area contributed by atoms with Crippen molar-refractivity contribution in [3.63, 3.8) is 0 Å². The molecule has 0 saturated carbocycles. The predicted octanol–water partition coefficient (Wildman–Crippen LogP) is 12.3. The summed E-state index contributed by atoms with van der Waals surface area (Å²) in [5.41, 5.74) is 12.5. The molecular weight excluding hydrogens is 940 g/mol. The number of aryl methyl sites for hydroxylation is 1. The standard InChI is InChI=1S/C33H23BNO3.C22H22N.Ir/c1-33(2,3)19-14-15-25(35-18-19)21-9-6-8-20-22-16-30-24(17-29(22)38-32(20)21)34-23-10-4-5-11-26(23)36-27-12-7-13-28(37-30)31(27)34;1-16-10-11-18(14-20(16)17-8-6-5-7-9-17)21-13-12-19(15-23-21)22(2,3)4;/h4-8,10-18H,1-3H3;5-10,12-15H,1-4H3;/q2*-1;/i;1D3;. The minimum Gasteiger partial charge on any atom is -0.501 e. The van der Waals surface area contributed by atoms with Gasteiger partial charge in [-0.1, -0.05) is 144 Å². The molecule has 0 aliphatic carbocycles. The van der Waals surface area contributed by atoms with Gasteiger partial charge in [-0.2, -0.15) is 0 Å². The van der Waals surface area contributed by atoms with E-state index >= 15 is 0 Å². The maximum absolute atomic E-state index is 7.83. The number of hydrogen-bond donors (Lipinski definition) is 0. The van der Waals surface area contributed by atoms with Crippen LogP contribution in [0.3, 0.4) is 0 Å². The predicted molar refractivity (Wildman–Crippen MR) is 250 cm³/mol. The smallest absolute Gasteiger partial charge is 0.260 e. The number of aromatic nitrogens is 2. The average Bonchev–Trinajstić information content (AvgIpc) is 3.65. The third-order valence-corrected chi connectivity index (χ3v) is 11.7. The minimum absolute atomic E-state index is 0. The van der Waals surface area contributed by atoms with E-state index in [2.05, 4.69) is 107 Å². The van der Waals surface area contributed by atoms with Gasteiger partial charge < -0.3 is 23.9 Å². The second kappa shape index (κ2) is 15.9. The largest absolute Gasteiger partial charge is 0.501 e. The Bertz CT molecular complexity index is 3230. The third kappa shape index (κ3) is 7.44. The number of benzene rings is 6. The van der Waals surface area contributed by atoms with Crippen molar-refractivity contribution >= 4 is 45.0 Å². The van der Waals surface area contributed by atoms with E-state index in [9.17, 15) is 0 Å². The van der Waals surface area contributed by atoms with Crippen LogP contribution < -0.4 is 25.9 Å². The molecule has 5 heterocycles. The van der Waals surface area contributed by atoms with Gasteiger partial charge in [-0.25, -0.2) is 0 Å². The van der Waals surface area contributed by atoms with E-state index in [0.717, 1.165) is 95.0 Å². The zero-order valence-electron chi connectivity index (χ0n) is 38.4. The molecular formula is C55H45BIrN2O3-2. The number of hydrogen-bond acceptors (Lipinski definition) is 5. The Morgan fingerprint density at radius 3 is 1.95 bits per heavy atom. The van der Waals surface area contributed by atoms with Crippen molar-refractivity contribution in [3.8, 4) is 56.6 Å². The summed E-state index contributed by atoms with van der Waals surface area (Å²) >= 11 is 0. The molecule has 9 aromatic rings. The van der Waals surface area contributed by atoms with Gasteiger partial charge in [0.2, 0.25) is 0 Å². The molecule has 11 rings (SSSR count). The van der Waals surface area contributed by atoms with E-state index < -0.39 is 6.85 Å². The number of fused-ring (bicyclic) bond motifs is 7. The molecule has 0 bridgehead atoms. The van der Waals surface area contributed by atoms with Gasteiger partial charge in [0.1, 0.15) is 28.6 Å². The van der Waals surface area contributed by atoms with Crippen molar-refractivity contribution in [1.82, 2.24) is 9.97 Å². The van der Waals surface area contributed by atoms with E-state index in [-0.39, 0.29) is 37.6 Å². The summed E-state index contributed by atoms with van der Waals surface area (Å²) in [5.74, 6) is 3.39. The van der Waals surface area contributed by atoms with Crippen LogP contribution in [0.2, 0.25) is 0 Å². The van der Waals surface area contributed by atoms with E-state index in [1.54, 1.807) is 6.07 Å². The number of nitrogens with zero attached hydrogens (tertiary/aromatic N) is 2. The Labute approximate surface area is 381 Å². The monoisotopic (exact) mass is 988 g/mol. The van der Waals surface area contributed by atoms with Gasteiger partial charge in [-0.3, -0.25) is 0 Å². The summed E-state index contributed by atoms with van der Waals surface area (Å²) in [6, 6.07) is 50.2. The van der Waals surface area contributed by atoms with Crippen LogP contribution >= 0.6 is 0 Å². The molecule has 0 unspecified atom stereocenters. The molecule has 0 atom stereocenters. The van der Waals surface area contributed by atoms with E-state index in [1.807, 2.05) is 91.3 Å². The first kappa shape index (κ1) is 37.5. The Balaban J connectivity index is 0.000000174. The van der Waals surface area contributed by atoms with Crippen LogP contribution in [-0.4, -0.2) is 16.7 Å². The van der Waals surface area contributed by atoms with Crippen LogP contribution in [0.15, 0.2) is 150 Å². The van der Waals surface area contributed by atoms with Crippen molar-refractivity contribution in [2.75, 3.05) is 0 Å². The molecule has 5 nitrogen and oxygen atoms in total. The van der Waals surface area contributed by atoms with Crippen LogP contribution in [0.25, 0.3) is 55.6 Å². The first-order valence-corrected chi connectivity index (χ1v) is 20.7. The third-order valence-electron chi connectivity index (χ3n) is 11.7. The molecule has 3 aromatic heterocycles.